The molecule has 1 N–H and O–H groups in total. The third-order valence-corrected chi connectivity index (χ3v) is 6.30. The van der Waals surface area contributed by atoms with E-state index in [2.05, 4.69) is 16.0 Å². The van der Waals surface area contributed by atoms with Crippen molar-refractivity contribution in [3.63, 3.8) is 0 Å². The Morgan fingerprint density at radius 2 is 2.03 bits per heavy atom. The fourth-order valence-corrected chi connectivity index (χ4v) is 4.73. The van der Waals surface area contributed by atoms with Gasteiger partial charge in [0.15, 0.2) is 0 Å². The van der Waals surface area contributed by atoms with Crippen LogP contribution in [0.15, 0.2) is 64.4 Å². The highest BCUT2D eigenvalue weighted by Gasteiger charge is 2.18. The molecular weight excluding hydrogens is 431 g/mol. The Morgan fingerprint density at radius 3 is 2.81 bits per heavy atom. The molecule has 0 aliphatic rings. The van der Waals surface area contributed by atoms with Gasteiger partial charge in [0, 0.05) is 27.4 Å². The van der Waals surface area contributed by atoms with Crippen LogP contribution in [0.5, 0.6) is 5.75 Å². The first-order valence-electron chi connectivity index (χ1n) is 9.42. The van der Waals surface area contributed by atoms with E-state index in [9.17, 15) is 19.2 Å². The van der Waals surface area contributed by atoms with E-state index in [-0.39, 0.29) is 15.8 Å². The second-order valence-corrected chi connectivity index (χ2v) is 8.00. The van der Waals surface area contributed by atoms with E-state index in [1.54, 1.807) is 30.3 Å². The third kappa shape index (κ3) is 2.97. The highest BCUT2D eigenvalue weighted by atomic mass is 32.1. The van der Waals surface area contributed by atoms with Crippen LogP contribution in [-0.4, -0.2) is 21.6 Å². The van der Waals surface area contributed by atoms with Crippen LogP contribution in [0.4, 0.5) is 4.39 Å². The van der Waals surface area contributed by atoms with Gasteiger partial charge in [0.1, 0.15) is 16.3 Å². The van der Waals surface area contributed by atoms with Gasteiger partial charge in [0.25, 0.3) is 5.56 Å². The molecule has 0 atom stereocenters. The normalized spacial score (nSPS) is 11.0. The van der Waals surface area contributed by atoms with Gasteiger partial charge in [-0.3, -0.25) is 9.78 Å². The van der Waals surface area contributed by atoms with Gasteiger partial charge in [-0.05, 0) is 30.3 Å². The molecule has 7 nitrogen and oxygen atoms in total. The lowest BCUT2D eigenvalue weighted by Gasteiger charge is -2.08. The lowest BCUT2D eigenvalue weighted by atomic mass is 10.1. The van der Waals surface area contributed by atoms with E-state index in [0.717, 1.165) is 15.9 Å². The van der Waals surface area contributed by atoms with Crippen molar-refractivity contribution in [2.75, 3.05) is 7.11 Å². The van der Waals surface area contributed by atoms with Gasteiger partial charge in [0.2, 0.25) is 0 Å². The summed E-state index contributed by atoms with van der Waals surface area (Å²) >= 11 is 1.13. The lowest BCUT2D eigenvalue weighted by molar-refractivity contribution is 0.415. The number of nitrogens with zero attached hydrogens (tertiary/aromatic N) is 3. The first kappa shape index (κ1) is 19.7. The first-order valence-corrected chi connectivity index (χ1v) is 10.2. The minimum absolute atomic E-state index is 0.0581. The number of rotatable bonds is 3. The van der Waals surface area contributed by atoms with Gasteiger partial charge in [0.05, 0.1) is 36.1 Å². The van der Waals surface area contributed by atoms with Gasteiger partial charge in [-0.25, -0.2) is 13.8 Å². The van der Waals surface area contributed by atoms with E-state index in [4.69, 9.17) is 4.74 Å². The highest BCUT2D eigenvalue weighted by Crippen LogP contribution is 2.35. The molecule has 0 fully saturated rings. The molecule has 0 saturated carbocycles. The van der Waals surface area contributed by atoms with Crippen LogP contribution in [0.25, 0.3) is 37.1 Å². The summed E-state index contributed by atoms with van der Waals surface area (Å²) in [5, 5.41) is 10.1. The summed E-state index contributed by atoms with van der Waals surface area (Å²) in [5.41, 5.74) is 0.0620. The van der Waals surface area contributed by atoms with Crippen molar-refractivity contribution in [2.45, 2.75) is 0 Å². The van der Waals surface area contributed by atoms with Crippen molar-refractivity contribution in [2.24, 2.45) is 0 Å². The largest absolute Gasteiger partial charge is 0.497 e. The van der Waals surface area contributed by atoms with E-state index in [1.165, 1.54) is 31.6 Å². The second kappa shape index (κ2) is 7.44. The molecule has 0 unspecified atom stereocenters. The molecule has 5 rings (SSSR count). The molecule has 0 aliphatic heterocycles. The van der Waals surface area contributed by atoms with E-state index >= 15 is 0 Å². The molecular formula is C23H13FN4O3S. The Hall–Kier alpha value is -4.29. The van der Waals surface area contributed by atoms with Crippen LogP contribution in [0.3, 0.4) is 0 Å². The number of pyridine rings is 1. The van der Waals surface area contributed by atoms with Crippen LogP contribution in [0, 0.1) is 17.1 Å². The molecule has 5 aromatic rings. The minimum atomic E-state index is -0.712. The number of methoxy groups -OCH3 is 1. The molecule has 2 aromatic carbocycles. The molecule has 32 heavy (non-hydrogen) atoms. The summed E-state index contributed by atoms with van der Waals surface area (Å²) in [6.45, 7) is 0. The molecule has 0 aliphatic carbocycles. The van der Waals surface area contributed by atoms with E-state index in [0.29, 0.717) is 32.7 Å². The molecule has 0 radical (unpaired) electrons. The van der Waals surface area contributed by atoms with Crippen molar-refractivity contribution in [3.05, 3.63) is 87.1 Å². The van der Waals surface area contributed by atoms with Crippen LogP contribution >= 0.6 is 11.3 Å². The topological polar surface area (TPSA) is 101 Å². The summed E-state index contributed by atoms with van der Waals surface area (Å²) in [5.74, 6) is -0.00660. The quantitative estimate of drug-likeness (QED) is 0.454. The second-order valence-electron chi connectivity index (χ2n) is 6.94. The Balaban J connectivity index is 1.80. The first-order chi connectivity index (χ1) is 15.5. The number of hydrogen-bond acceptors (Lipinski definition) is 6. The zero-order valence-electron chi connectivity index (χ0n) is 16.5. The van der Waals surface area contributed by atoms with Crippen molar-refractivity contribution >= 4 is 32.3 Å². The Morgan fingerprint density at radius 1 is 1.19 bits per heavy atom. The molecule has 0 spiro atoms. The number of aromatic amines is 1. The van der Waals surface area contributed by atoms with Gasteiger partial charge in [-0.1, -0.05) is 12.1 Å². The number of halogens is 1. The van der Waals surface area contributed by atoms with Crippen LogP contribution in [0.1, 0.15) is 5.56 Å². The summed E-state index contributed by atoms with van der Waals surface area (Å²) in [7, 11) is 1.52. The standard InChI is InChI=1S/C23H13FN4O3S/c1-31-14-6-5-12(9-25)15(7-14)19-8-17-21(32-19)22(29)28(23(30)27-17)18-11-26-10-13-3-2-4-16(24)20(13)18/h2-8,10-11H,1H3,(H,27,30). The molecule has 0 bridgehead atoms. The Labute approximate surface area is 183 Å². The fraction of sp³-hybridized carbons (Fsp3) is 0.0435. The molecule has 156 valence electrons. The summed E-state index contributed by atoms with van der Waals surface area (Å²) in [4.78, 5) is 33.6. The molecule has 9 heteroatoms. The van der Waals surface area contributed by atoms with Crippen molar-refractivity contribution in [1.82, 2.24) is 14.5 Å². The molecule has 3 aromatic heterocycles. The predicted octanol–water partition coefficient (Wildman–Crippen LogP) is 3.98. The van der Waals surface area contributed by atoms with Crippen molar-refractivity contribution in [3.8, 4) is 27.9 Å². The van der Waals surface area contributed by atoms with Crippen LogP contribution < -0.4 is 16.0 Å². The number of benzene rings is 2. The third-order valence-electron chi connectivity index (χ3n) is 5.14. The molecule has 0 saturated heterocycles. The van der Waals surface area contributed by atoms with Crippen LogP contribution in [-0.2, 0) is 0 Å². The smallest absolute Gasteiger partial charge is 0.333 e. The number of hydrogen-bond donors (Lipinski definition) is 1. The van der Waals surface area contributed by atoms with Gasteiger partial charge in [-0.15, -0.1) is 11.3 Å². The summed E-state index contributed by atoms with van der Waals surface area (Å²) in [6, 6.07) is 13.2. The monoisotopic (exact) mass is 444 g/mol. The highest BCUT2D eigenvalue weighted by molar-refractivity contribution is 7.22. The zero-order valence-corrected chi connectivity index (χ0v) is 17.4. The number of aromatic nitrogens is 3. The van der Waals surface area contributed by atoms with Crippen LogP contribution in [0.2, 0.25) is 0 Å². The number of thiophene rings is 1. The maximum absolute atomic E-state index is 14.6. The Kier molecular flexibility index (Phi) is 4.57. The van der Waals surface area contributed by atoms with E-state index < -0.39 is 17.1 Å². The summed E-state index contributed by atoms with van der Waals surface area (Å²) < 4.78 is 21.0. The average molecular weight is 444 g/mol. The average Bonchev–Trinajstić information content (AvgIpc) is 3.23. The van der Waals surface area contributed by atoms with Crippen molar-refractivity contribution < 1.29 is 9.13 Å². The molecule has 3 heterocycles. The van der Waals surface area contributed by atoms with E-state index in [1.807, 2.05) is 0 Å². The Bertz CT molecular complexity index is 1690. The number of H-pyrrole nitrogens is 1. The maximum Gasteiger partial charge on any atom is 0.333 e. The molecule has 0 amide bonds. The summed E-state index contributed by atoms with van der Waals surface area (Å²) in [6.07, 6.45) is 2.76. The zero-order chi connectivity index (χ0) is 22.4. The minimum Gasteiger partial charge on any atom is -0.497 e. The van der Waals surface area contributed by atoms with Gasteiger partial charge in [-0.2, -0.15) is 5.26 Å². The number of nitriles is 1. The van der Waals surface area contributed by atoms with Gasteiger partial charge < -0.3 is 9.72 Å². The van der Waals surface area contributed by atoms with Gasteiger partial charge >= 0.3 is 5.69 Å². The number of ether oxygens (including phenoxy) is 1. The lowest BCUT2D eigenvalue weighted by Crippen LogP contribution is -2.33. The predicted molar refractivity (Wildman–Crippen MR) is 120 cm³/mol. The van der Waals surface area contributed by atoms with Crippen molar-refractivity contribution in [1.29, 1.82) is 5.26 Å². The SMILES string of the molecule is COc1ccc(C#N)c(-c2cc3[nH]c(=O)n(-c4cncc5cccc(F)c45)c(=O)c3s2)c1. The fourth-order valence-electron chi connectivity index (χ4n) is 3.65. The maximum atomic E-state index is 14.6. The number of nitrogens with one attached hydrogen (secondary N) is 1. The number of fused-ring (bicyclic) bond motifs is 2.